The fourth-order valence-electron chi connectivity index (χ4n) is 1.37. The first-order valence-electron chi connectivity index (χ1n) is 5.54. The Balaban J connectivity index is 2.48. The van der Waals surface area contributed by atoms with Gasteiger partial charge in [-0.1, -0.05) is 6.07 Å². The Morgan fingerprint density at radius 2 is 2.00 bits per heavy atom. The summed E-state index contributed by atoms with van der Waals surface area (Å²) in [5.41, 5.74) is 6.18. The fraction of sp³-hybridized carbons (Fsp3) is 0.500. The Morgan fingerprint density at radius 3 is 2.50 bits per heavy atom. The summed E-state index contributed by atoms with van der Waals surface area (Å²) in [5, 5.41) is 0. The maximum absolute atomic E-state index is 13.5. The maximum atomic E-state index is 13.5. The van der Waals surface area contributed by atoms with Gasteiger partial charge in [0.1, 0.15) is 0 Å². The van der Waals surface area contributed by atoms with Gasteiger partial charge in [-0.3, -0.25) is 0 Å². The van der Waals surface area contributed by atoms with Gasteiger partial charge < -0.3 is 10.5 Å². The summed E-state index contributed by atoms with van der Waals surface area (Å²) in [6.07, 6.45) is -5.34. The number of hydrogen-bond donors (Lipinski definition) is 1. The van der Waals surface area contributed by atoms with Crippen molar-refractivity contribution in [2.45, 2.75) is 32.0 Å². The molecule has 1 aromatic carbocycles. The summed E-state index contributed by atoms with van der Waals surface area (Å²) in [5.74, 6) is -0.668. The Morgan fingerprint density at radius 1 is 1.33 bits per heavy atom. The lowest BCUT2D eigenvalue weighted by molar-refractivity contribution is -0.136. The molecule has 2 nitrogen and oxygen atoms in total. The molecule has 1 aromatic rings. The van der Waals surface area contributed by atoms with E-state index >= 15 is 0 Å². The van der Waals surface area contributed by atoms with Crippen LogP contribution in [0.1, 0.15) is 31.4 Å². The van der Waals surface area contributed by atoms with Crippen LogP contribution >= 0.6 is 0 Å². The summed E-state index contributed by atoms with van der Waals surface area (Å²) in [4.78, 5) is 0. The second-order valence-electron chi connectivity index (χ2n) is 4.05. The molecule has 0 saturated heterocycles. The van der Waals surface area contributed by atoms with E-state index in [-0.39, 0.29) is 24.8 Å². The highest BCUT2D eigenvalue weighted by molar-refractivity contribution is 5.30. The van der Waals surface area contributed by atoms with Crippen LogP contribution in [0.5, 0.6) is 5.75 Å². The van der Waals surface area contributed by atoms with Gasteiger partial charge in [0.15, 0.2) is 11.6 Å². The molecule has 0 unspecified atom stereocenters. The molecule has 0 amide bonds. The zero-order valence-electron chi connectivity index (χ0n) is 9.93. The van der Waals surface area contributed by atoms with Crippen LogP contribution in [0.3, 0.4) is 0 Å². The normalized spacial score (nSPS) is 13.4. The molecular formula is C12H15F4NO. The minimum Gasteiger partial charge on any atom is -0.491 e. The number of rotatable bonds is 5. The predicted octanol–water partition coefficient (Wildman–Crippen LogP) is 3.57. The third-order valence-corrected chi connectivity index (χ3v) is 2.34. The first-order chi connectivity index (χ1) is 8.29. The topological polar surface area (TPSA) is 35.2 Å². The Hall–Kier alpha value is -1.30. The van der Waals surface area contributed by atoms with Crippen LogP contribution in [0.15, 0.2) is 18.2 Å². The third kappa shape index (κ3) is 4.91. The predicted molar refractivity (Wildman–Crippen MR) is 59.8 cm³/mol. The van der Waals surface area contributed by atoms with E-state index in [1.807, 2.05) is 0 Å². The highest BCUT2D eigenvalue weighted by atomic mass is 19.4. The molecule has 102 valence electrons. The van der Waals surface area contributed by atoms with Crippen LogP contribution in [0.25, 0.3) is 0 Å². The van der Waals surface area contributed by atoms with Crippen molar-refractivity contribution in [1.82, 2.24) is 0 Å². The number of benzene rings is 1. The molecule has 1 rings (SSSR count). The van der Waals surface area contributed by atoms with Crippen molar-refractivity contribution < 1.29 is 22.3 Å². The summed E-state index contributed by atoms with van der Waals surface area (Å²) in [7, 11) is 0. The van der Waals surface area contributed by atoms with E-state index < -0.39 is 18.4 Å². The van der Waals surface area contributed by atoms with Crippen molar-refractivity contribution in [2.24, 2.45) is 5.73 Å². The highest BCUT2D eigenvalue weighted by Gasteiger charge is 2.26. The van der Waals surface area contributed by atoms with Crippen LogP contribution in [0.4, 0.5) is 17.6 Å². The molecule has 0 bridgehead atoms. The van der Waals surface area contributed by atoms with Gasteiger partial charge in [-0.2, -0.15) is 13.2 Å². The Kier molecular flexibility index (Phi) is 4.95. The fourth-order valence-corrected chi connectivity index (χ4v) is 1.37. The lowest BCUT2D eigenvalue weighted by Gasteiger charge is -2.11. The monoisotopic (exact) mass is 265 g/mol. The number of halogens is 4. The van der Waals surface area contributed by atoms with Crippen LogP contribution in [-0.2, 0) is 0 Å². The van der Waals surface area contributed by atoms with Crippen LogP contribution in [0.2, 0.25) is 0 Å². The molecule has 0 saturated carbocycles. The van der Waals surface area contributed by atoms with Crippen molar-refractivity contribution in [3.63, 3.8) is 0 Å². The minimum absolute atomic E-state index is 0.0541. The molecule has 0 radical (unpaired) electrons. The second kappa shape index (κ2) is 6.04. The van der Waals surface area contributed by atoms with E-state index in [9.17, 15) is 17.6 Å². The maximum Gasteiger partial charge on any atom is 0.389 e. The van der Waals surface area contributed by atoms with Crippen molar-refractivity contribution in [1.29, 1.82) is 0 Å². The molecule has 1 atom stereocenters. The van der Waals surface area contributed by atoms with E-state index in [0.29, 0.717) is 5.56 Å². The molecule has 0 aromatic heterocycles. The lowest BCUT2D eigenvalue weighted by Crippen LogP contribution is -2.10. The molecule has 6 heteroatoms. The average Bonchev–Trinajstić information content (AvgIpc) is 2.24. The molecule has 0 spiro atoms. The minimum atomic E-state index is -4.21. The first kappa shape index (κ1) is 14.8. The molecular weight excluding hydrogens is 250 g/mol. The van der Waals surface area contributed by atoms with E-state index in [2.05, 4.69) is 0 Å². The molecule has 2 N–H and O–H groups in total. The van der Waals surface area contributed by atoms with Crippen LogP contribution in [-0.4, -0.2) is 12.8 Å². The third-order valence-electron chi connectivity index (χ3n) is 2.34. The standard InChI is InChI=1S/C12H15F4NO/c1-8(17)9-3-4-11(10(13)7-9)18-6-2-5-12(14,15)16/h3-4,7-8H,2,5-6,17H2,1H3/t8-/m1/s1. The Bertz CT molecular complexity index is 390. The molecule has 0 fully saturated rings. The van der Waals surface area contributed by atoms with Crippen LogP contribution in [0, 0.1) is 5.82 Å². The van der Waals surface area contributed by atoms with Gasteiger partial charge in [0.05, 0.1) is 6.61 Å². The zero-order valence-corrected chi connectivity index (χ0v) is 9.93. The van der Waals surface area contributed by atoms with Crippen molar-refractivity contribution in [3.8, 4) is 5.75 Å². The van der Waals surface area contributed by atoms with E-state index in [0.717, 1.165) is 0 Å². The van der Waals surface area contributed by atoms with Gasteiger partial charge in [0.25, 0.3) is 0 Å². The van der Waals surface area contributed by atoms with E-state index in [1.165, 1.54) is 12.1 Å². The van der Waals surface area contributed by atoms with Crippen molar-refractivity contribution in [2.75, 3.05) is 6.61 Å². The van der Waals surface area contributed by atoms with Gasteiger partial charge in [0.2, 0.25) is 0 Å². The molecule has 0 aliphatic heterocycles. The zero-order chi connectivity index (χ0) is 13.8. The van der Waals surface area contributed by atoms with Gasteiger partial charge in [-0.25, -0.2) is 4.39 Å². The molecule has 0 aliphatic rings. The Labute approximate surface area is 103 Å². The average molecular weight is 265 g/mol. The summed E-state index contributed by atoms with van der Waals surface area (Å²) < 4.78 is 54.0. The smallest absolute Gasteiger partial charge is 0.389 e. The number of hydrogen-bond acceptors (Lipinski definition) is 2. The summed E-state index contributed by atoms with van der Waals surface area (Å²) in [6, 6.07) is 3.89. The molecule has 0 aliphatic carbocycles. The van der Waals surface area contributed by atoms with Gasteiger partial charge >= 0.3 is 6.18 Å². The van der Waals surface area contributed by atoms with Gasteiger partial charge in [-0.05, 0) is 31.0 Å². The first-order valence-corrected chi connectivity index (χ1v) is 5.54. The number of nitrogens with two attached hydrogens (primary N) is 1. The van der Waals surface area contributed by atoms with Crippen LogP contribution < -0.4 is 10.5 Å². The van der Waals surface area contributed by atoms with Crippen molar-refractivity contribution in [3.05, 3.63) is 29.6 Å². The lowest BCUT2D eigenvalue weighted by atomic mass is 10.1. The van der Waals surface area contributed by atoms with E-state index in [1.54, 1.807) is 13.0 Å². The number of alkyl halides is 3. The summed E-state index contributed by atoms with van der Waals surface area (Å²) in [6.45, 7) is 1.53. The molecule has 0 heterocycles. The summed E-state index contributed by atoms with van der Waals surface area (Å²) >= 11 is 0. The van der Waals surface area contributed by atoms with E-state index in [4.69, 9.17) is 10.5 Å². The quantitative estimate of drug-likeness (QED) is 0.652. The largest absolute Gasteiger partial charge is 0.491 e. The number of ether oxygens (including phenoxy) is 1. The molecule has 18 heavy (non-hydrogen) atoms. The van der Waals surface area contributed by atoms with Gasteiger partial charge in [0, 0.05) is 12.5 Å². The SMILES string of the molecule is C[C@@H](N)c1ccc(OCCCC(F)(F)F)c(F)c1. The van der Waals surface area contributed by atoms with Gasteiger partial charge in [-0.15, -0.1) is 0 Å². The highest BCUT2D eigenvalue weighted by Crippen LogP contribution is 2.23. The van der Waals surface area contributed by atoms with Crippen molar-refractivity contribution >= 4 is 0 Å². The second-order valence-corrected chi connectivity index (χ2v) is 4.05.